The van der Waals surface area contributed by atoms with E-state index >= 15 is 0 Å². The predicted molar refractivity (Wildman–Crippen MR) is 92.5 cm³/mol. The zero-order valence-corrected chi connectivity index (χ0v) is 13.2. The van der Waals surface area contributed by atoms with Crippen LogP contribution in [0.1, 0.15) is 12.5 Å². The van der Waals surface area contributed by atoms with E-state index in [1.165, 1.54) is 6.08 Å². The molecule has 23 heavy (non-hydrogen) atoms. The molecule has 0 saturated heterocycles. The molecule has 120 valence electrons. The highest BCUT2D eigenvalue weighted by atomic mass is 16.5. The van der Waals surface area contributed by atoms with Crippen molar-refractivity contribution < 1.29 is 14.3 Å². The minimum Gasteiger partial charge on any atom is -0.491 e. The molecule has 2 aromatic rings. The summed E-state index contributed by atoms with van der Waals surface area (Å²) in [5.74, 6) is 0.523. The number of amides is 1. The van der Waals surface area contributed by atoms with Crippen molar-refractivity contribution in [2.24, 2.45) is 0 Å². The highest BCUT2D eigenvalue weighted by molar-refractivity contribution is 6.02. The fourth-order valence-electron chi connectivity index (χ4n) is 1.95. The molecule has 2 rings (SSSR count). The van der Waals surface area contributed by atoms with Crippen LogP contribution in [-0.2, 0) is 9.53 Å². The van der Waals surface area contributed by atoms with E-state index in [4.69, 9.17) is 9.47 Å². The van der Waals surface area contributed by atoms with Gasteiger partial charge in [-0.25, -0.2) is 0 Å². The maximum Gasteiger partial charge on any atom is 0.248 e. The van der Waals surface area contributed by atoms with Crippen molar-refractivity contribution in [3.8, 4) is 5.75 Å². The van der Waals surface area contributed by atoms with Crippen molar-refractivity contribution in [2.75, 3.05) is 25.1 Å². The lowest BCUT2D eigenvalue weighted by Gasteiger charge is -2.08. The molecule has 1 amide bonds. The highest BCUT2D eigenvalue weighted by Gasteiger charge is 2.00. The zero-order valence-electron chi connectivity index (χ0n) is 13.2. The number of hydrogen-bond acceptors (Lipinski definition) is 3. The van der Waals surface area contributed by atoms with Gasteiger partial charge in [0.2, 0.25) is 5.91 Å². The number of rotatable bonds is 8. The number of nitrogens with one attached hydrogen (secondary N) is 1. The van der Waals surface area contributed by atoms with Gasteiger partial charge in [-0.2, -0.15) is 0 Å². The monoisotopic (exact) mass is 311 g/mol. The maximum atomic E-state index is 11.9. The lowest BCUT2D eigenvalue weighted by molar-refractivity contribution is -0.111. The van der Waals surface area contributed by atoms with Gasteiger partial charge in [0, 0.05) is 24.4 Å². The molecule has 0 aliphatic carbocycles. The molecule has 0 unspecified atom stereocenters. The van der Waals surface area contributed by atoms with Crippen LogP contribution in [-0.4, -0.2) is 25.7 Å². The summed E-state index contributed by atoms with van der Waals surface area (Å²) in [7, 11) is 0. The molecule has 0 radical (unpaired) electrons. The summed E-state index contributed by atoms with van der Waals surface area (Å²) in [6.45, 7) is 3.65. The topological polar surface area (TPSA) is 47.6 Å². The van der Waals surface area contributed by atoms with Crippen molar-refractivity contribution in [1.82, 2.24) is 0 Å². The van der Waals surface area contributed by atoms with Crippen LogP contribution in [0.15, 0.2) is 60.7 Å². The molecule has 0 aromatic heterocycles. The first-order chi connectivity index (χ1) is 11.3. The largest absolute Gasteiger partial charge is 0.491 e. The molecular weight excluding hydrogens is 290 g/mol. The van der Waals surface area contributed by atoms with E-state index < -0.39 is 0 Å². The SMILES string of the molecule is CCOCCOc1cccc(NC(=O)/C=C/c2ccccc2)c1. The second kappa shape index (κ2) is 9.43. The Morgan fingerprint density at radius 1 is 1.09 bits per heavy atom. The van der Waals surface area contributed by atoms with Gasteiger partial charge in [0.1, 0.15) is 12.4 Å². The van der Waals surface area contributed by atoms with Crippen LogP contribution in [0.4, 0.5) is 5.69 Å². The lowest BCUT2D eigenvalue weighted by Crippen LogP contribution is -2.09. The zero-order chi connectivity index (χ0) is 16.3. The molecule has 4 nitrogen and oxygen atoms in total. The molecule has 2 aromatic carbocycles. The Hall–Kier alpha value is -2.59. The van der Waals surface area contributed by atoms with Gasteiger partial charge in [0.15, 0.2) is 0 Å². The molecule has 0 aliphatic heterocycles. The van der Waals surface area contributed by atoms with Crippen LogP contribution >= 0.6 is 0 Å². The summed E-state index contributed by atoms with van der Waals surface area (Å²) >= 11 is 0. The van der Waals surface area contributed by atoms with E-state index in [1.54, 1.807) is 12.1 Å². The van der Waals surface area contributed by atoms with Crippen molar-refractivity contribution >= 4 is 17.7 Å². The first-order valence-electron chi connectivity index (χ1n) is 7.62. The van der Waals surface area contributed by atoms with Crippen LogP contribution in [0, 0.1) is 0 Å². The van der Waals surface area contributed by atoms with Crippen LogP contribution in [0.5, 0.6) is 5.75 Å². The first-order valence-corrected chi connectivity index (χ1v) is 7.62. The number of benzene rings is 2. The van der Waals surface area contributed by atoms with Gasteiger partial charge in [0.25, 0.3) is 0 Å². The van der Waals surface area contributed by atoms with E-state index in [1.807, 2.05) is 55.5 Å². The maximum absolute atomic E-state index is 11.9. The summed E-state index contributed by atoms with van der Waals surface area (Å²) in [6, 6.07) is 17.0. The summed E-state index contributed by atoms with van der Waals surface area (Å²) < 4.78 is 10.8. The number of carbonyl (C=O) groups is 1. The minimum atomic E-state index is -0.180. The third-order valence-electron chi connectivity index (χ3n) is 3.03. The quantitative estimate of drug-likeness (QED) is 0.596. The fourth-order valence-corrected chi connectivity index (χ4v) is 1.95. The van der Waals surface area contributed by atoms with Gasteiger partial charge in [-0.15, -0.1) is 0 Å². The molecule has 1 N–H and O–H groups in total. The third-order valence-corrected chi connectivity index (χ3v) is 3.03. The third kappa shape index (κ3) is 6.36. The van der Waals surface area contributed by atoms with Crippen LogP contribution in [0.2, 0.25) is 0 Å². The summed E-state index contributed by atoms with van der Waals surface area (Å²) in [5, 5.41) is 2.82. The number of anilines is 1. The van der Waals surface area contributed by atoms with Gasteiger partial charge >= 0.3 is 0 Å². The summed E-state index contributed by atoms with van der Waals surface area (Å²) in [5.41, 5.74) is 1.68. The van der Waals surface area contributed by atoms with Crippen LogP contribution < -0.4 is 10.1 Å². The Bertz CT molecular complexity index is 638. The molecular formula is C19H21NO3. The van der Waals surface area contributed by atoms with Gasteiger partial charge in [-0.3, -0.25) is 4.79 Å². The van der Waals surface area contributed by atoms with Crippen molar-refractivity contribution in [1.29, 1.82) is 0 Å². The van der Waals surface area contributed by atoms with Crippen LogP contribution in [0.3, 0.4) is 0 Å². The lowest BCUT2D eigenvalue weighted by atomic mass is 10.2. The predicted octanol–water partition coefficient (Wildman–Crippen LogP) is 3.75. The molecule has 0 atom stereocenters. The van der Waals surface area contributed by atoms with Gasteiger partial charge in [-0.1, -0.05) is 36.4 Å². The normalized spacial score (nSPS) is 10.7. The Labute approximate surface area is 136 Å². The highest BCUT2D eigenvalue weighted by Crippen LogP contribution is 2.17. The number of carbonyl (C=O) groups excluding carboxylic acids is 1. The second-order valence-electron chi connectivity index (χ2n) is 4.81. The molecule has 0 spiro atoms. The van der Waals surface area contributed by atoms with E-state index in [-0.39, 0.29) is 5.91 Å². The second-order valence-corrected chi connectivity index (χ2v) is 4.81. The number of ether oxygens (including phenoxy) is 2. The molecule has 0 fully saturated rings. The van der Waals surface area contributed by atoms with Gasteiger partial charge < -0.3 is 14.8 Å². The number of hydrogen-bond donors (Lipinski definition) is 1. The van der Waals surface area contributed by atoms with E-state index in [0.717, 1.165) is 5.56 Å². The van der Waals surface area contributed by atoms with E-state index in [2.05, 4.69) is 5.32 Å². The molecule has 0 bridgehead atoms. The Kier molecular flexibility index (Phi) is 6.88. The van der Waals surface area contributed by atoms with Gasteiger partial charge in [-0.05, 0) is 30.7 Å². The Morgan fingerprint density at radius 2 is 1.91 bits per heavy atom. The molecule has 0 saturated carbocycles. The van der Waals surface area contributed by atoms with Crippen molar-refractivity contribution in [3.63, 3.8) is 0 Å². The van der Waals surface area contributed by atoms with Crippen molar-refractivity contribution in [3.05, 3.63) is 66.2 Å². The smallest absolute Gasteiger partial charge is 0.248 e. The van der Waals surface area contributed by atoms with Crippen LogP contribution in [0.25, 0.3) is 6.08 Å². The molecule has 4 heteroatoms. The van der Waals surface area contributed by atoms with E-state index in [9.17, 15) is 4.79 Å². The Balaban J connectivity index is 1.87. The minimum absolute atomic E-state index is 0.180. The van der Waals surface area contributed by atoms with Crippen molar-refractivity contribution in [2.45, 2.75) is 6.92 Å². The van der Waals surface area contributed by atoms with Gasteiger partial charge in [0.05, 0.1) is 6.61 Å². The summed E-state index contributed by atoms with van der Waals surface area (Å²) in [6.07, 6.45) is 3.29. The average molecular weight is 311 g/mol. The average Bonchev–Trinajstić information content (AvgIpc) is 2.58. The molecule has 0 heterocycles. The molecule has 0 aliphatic rings. The fraction of sp³-hybridized carbons (Fsp3) is 0.211. The van der Waals surface area contributed by atoms with E-state index in [0.29, 0.717) is 31.3 Å². The summed E-state index contributed by atoms with van der Waals surface area (Å²) in [4.78, 5) is 11.9. The Morgan fingerprint density at radius 3 is 2.70 bits per heavy atom. The standard InChI is InChI=1S/C19H21NO3/c1-2-22-13-14-23-18-10-6-9-17(15-18)20-19(21)12-11-16-7-4-3-5-8-16/h3-12,15H,2,13-14H2,1H3,(H,20,21)/b12-11+. The first kappa shape index (κ1) is 16.8.